The molecule has 9 heteroatoms. The lowest BCUT2D eigenvalue weighted by Crippen LogP contribution is -2.24. The van der Waals surface area contributed by atoms with E-state index in [0.717, 1.165) is 0 Å². The van der Waals surface area contributed by atoms with Gasteiger partial charge in [0.2, 0.25) is 10.0 Å². The van der Waals surface area contributed by atoms with Gasteiger partial charge in [-0.3, -0.25) is 4.98 Å². The molecule has 1 aliphatic rings. The van der Waals surface area contributed by atoms with E-state index in [-0.39, 0.29) is 11.4 Å². The molecule has 3 heterocycles. The van der Waals surface area contributed by atoms with Gasteiger partial charge in [0, 0.05) is 18.5 Å². The van der Waals surface area contributed by atoms with Crippen molar-refractivity contribution < 1.29 is 22.3 Å². The summed E-state index contributed by atoms with van der Waals surface area (Å²) in [4.78, 5) is 8.52. The maximum Gasteiger partial charge on any atom is 0.241 e. The van der Waals surface area contributed by atoms with Crippen molar-refractivity contribution in [1.29, 1.82) is 0 Å². The largest absolute Gasteiger partial charge is 0.486 e. The van der Waals surface area contributed by atoms with E-state index in [1.165, 1.54) is 30.8 Å². The molecule has 0 saturated heterocycles. The predicted octanol–water partition coefficient (Wildman–Crippen LogP) is 1.99. The Hall–Kier alpha value is -2.91. The van der Waals surface area contributed by atoms with Gasteiger partial charge in [0.05, 0.1) is 23.4 Å². The SMILES string of the molecule is O=S(=O)(NCc1nccnc1-c1ccco1)c1ccc2c(c1)OCCO2. The van der Waals surface area contributed by atoms with Gasteiger partial charge in [-0.1, -0.05) is 0 Å². The number of hydrogen-bond acceptors (Lipinski definition) is 7. The van der Waals surface area contributed by atoms with Crippen molar-refractivity contribution in [3.05, 3.63) is 54.7 Å². The van der Waals surface area contributed by atoms with Gasteiger partial charge in [-0.15, -0.1) is 0 Å². The molecule has 0 amide bonds. The Morgan fingerprint density at radius 1 is 1.04 bits per heavy atom. The minimum atomic E-state index is -3.76. The number of ether oxygens (including phenoxy) is 2. The number of hydrogen-bond donors (Lipinski definition) is 1. The molecule has 26 heavy (non-hydrogen) atoms. The van der Waals surface area contributed by atoms with Crippen LogP contribution in [0.3, 0.4) is 0 Å². The van der Waals surface area contributed by atoms with E-state index in [1.54, 1.807) is 18.2 Å². The number of fused-ring (bicyclic) bond motifs is 1. The molecule has 0 fully saturated rings. The Morgan fingerprint density at radius 3 is 2.65 bits per heavy atom. The number of benzene rings is 1. The van der Waals surface area contributed by atoms with Crippen LogP contribution in [0.25, 0.3) is 11.5 Å². The van der Waals surface area contributed by atoms with Crippen LogP contribution in [0.2, 0.25) is 0 Å². The van der Waals surface area contributed by atoms with Gasteiger partial charge < -0.3 is 13.9 Å². The zero-order valence-corrected chi connectivity index (χ0v) is 14.4. The van der Waals surface area contributed by atoms with Gasteiger partial charge in [-0.2, -0.15) is 0 Å². The highest BCUT2D eigenvalue weighted by atomic mass is 32.2. The fourth-order valence-electron chi connectivity index (χ4n) is 2.55. The molecule has 8 nitrogen and oxygen atoms in total. The van der Waals surface area contributed by atoms with E-state index < -0.39 is 10.0 Å². The Balaban J connectivity index is 1.56. The lowest BCUT2D eigenvalue weighted by Gasteiger charge is -2.19. The minimum absolute atomic E-state index is 0.0271. The van der Waals surface area contributed by atoms with Crippen molar-refractivity contribution in [3.63, 3.8) is 0 Å². The lowest BCUT2D eigenvalue weighted by atomic mass is 10.2. The van der Waals surface area contributed by atoms with E-state index in [4.69, 9.17) is 13.9 Å². The highest BCUT2D eigenvalue weighted by Crippen LogP contribution is 2.32. The third-order valence-corrected chi connectivity index (χ3v) is 5.18. The molecule has 0 bridgehead atoms. The highest BCUT2D eigenvalue weighted by molar-refractivity contribution is 7.89. The summed E-state index contributed by atoms with van der Waals surface area (Å²) in [5, 5.41) is 0. The number of nitrogens with zero attached hydrogens (tertiary/aromatic N) is 2. The van der Waals surface area contributed by atoms with Crippen LogP contribution in [0.15, 0.2) is 58.3 Å². The highest BCUT2D eigenvalue weighted by Gasteiger charge is 2.20. The molecule has 0 atom stereocenters. The second-order valence-electron chi connectivity index (χ2n) is 5.46. The van der Waals surface area contributed by atoms with Gasteiger partial charge in [-0.05, 0) is 24.3 Å². The molecule has 1 aliphatic heterocycles. The number of sulfonamides is 1. The van der Waals surface area contributed by atoms with Crippen LogP contribution in [-0.4, -0.2) is 31.6 Å². The third kappa shape index (κ3) is 3.26. The summed E-state index contributed by atoms with van der Waals surface area (Å²) in [6, 6.07) is 7.97. The maximum absolute atomic E-state index is 12.6. The normalized spacial score (nSPS) is 13.5. The summed E-state index contributed by atoms with van der Waals surface area (Å²) in [5.41, 5.74) is 0.950. The molecule has 4 rings (SSSR count). The van der Waals surface area contributed by atoms with Gasteiger partial charge in [0.1, 0.15) is 18.9 Å². The average Bonchev–Trinajstić information content (AvgIpc) is 3.21. The Kier molecular flexibility index (Phi) is 4.31. The van der Waals surface area contributed by atoms with E-state index in [2.05, 4.69) is 14.7 Å². The van der Waals surface area contributed by atoms with Crippen LogP contribution in [0.4, 0.5) is 0 Å². The van der Waals surface area contributed by atoms with E-state index in [1.807, 2.05) is 0 Å². The predicted molar refractivity (Wildman–Crippen MR) is 91.2 cm³/mol. The first-order valence-corrected chi connectivity index (χ1v) is 9.35. The number of rotatable bonds is 5. The standard InChI is InChI=1S/C17H15N3O5S/c21-26(22,12-3-4-14-16(10-12)25-9-8-24-14)20-11-13-17(19-6-5-18-13)15-2-1-7-23-15/h1-7,10,20H,8-9,11H2. The molecule has 1 aromatic carbocycles. The smallest absolute Gasteiger partial charge is 0.241 e. The second-order valence-corrected chi connectivity index (χ2v) is 7.23. The van der Waals surface area contributed by atoms with Crippen LogP contribution in [0.5, 0.6) is 11.5 Å². The second kappa shape index (κ2) is 6.77. The Labute approximate surface area is 149 Å². The van der Waals surface area contributed by atoms with Crippen molar-refractivity contribution in [2.45, 2.75) is 11.4 Å². The van der Waals surface area contributed by atoms with E-state index >= 15 is 0 Å². The molecule has 3 aromatic rings. The van der Waals surface area contributed by atoms with Crippen LogP contribution in [0, 0.1) is 0 Å². The summed E-state index contributed by atoms with van der Waals surface area (Å²) in [6.45, 7) is 0.802. The fourth-order valence-corrected chi connectivity index (χ4v) is 3.56. The van der Waals surface area contributed by atoms with Gasteiger partial charge in [-0.25, -0.2) is 18.1 Å². The Bertz CT molecular complexity index is 1020. The van der Waals surface area contributed by atoms with Crippen LogP contribution >= 0.6 is 0 Å². The van der Waals surface area contributed by atoms with Crippen molar-refractivity contribution >= 4 is 10.0 Å². The van der Waals surface area contributed by atoms with E-state index in [9.17, 15) is 8.42 Å². The summed E-state index contributed by atoms with van der Waals surface area (Å²) < 4.78 is 43.9. The molecular formula is C17H15N3O5S. The molecule has 0 saturated carbocycles. The van der Waals surface area contributed by atoms with Gasteiger partial charge in [0.15, 0.2) is 17.3 Å². The van der Waals surface area contributed by atoms with Crippen molar-refractivity contribution in [2.75, 3.05) is 13.2 Å². The molecule has 2 aromatic heterocycles. The molecular weight excluding hydrogens is 358 g/mol. The molecule has 0 unspecified atom stereocenters. The van der Waals surface area contributed by atoms with Crippen LogP contribution in [-0.2, 0) is 16.6 Å². The first kappa shape index (κ1) is 16.6. The quantitative estimate of drug-likeness (QED) is 0.729. The first-order valence-electron chi connectivity index (χ1n) is 7.86. The molecule has 0 radical (unpaired) electrons. The number of aromatic nitrogens is 2. The van der Waals surface area contributed by atoms with Crippen molar-refractivity contribution in [1.82, 2.24) is 14.7 Å². The summed E-state index contributed by atoms with van der Waals surface area (Å²) in [6.07, 6.45) is 4.55. The zero-order chi connectivity index (χ0) is 18.0. The lowest BCUT2D eigenvalue weighted by molar-refractivity contribution is 0.171. The number of furan rings is 1. The topological polar surface area (TPSA) is 104 Å². The molecule has 0 spiro atoms. The average molecular weight is 373 g/mol. The minimum Gasteiger partial charge on any atom is -0.486 e. The van der Waals surface area contributed by atoms with Crippen molar-refractivity contribution in [3.8, 4) is 23.0 Å². The summed E-state index contributed by atoms with van der Waals surface area (Å²) in [5.74, 6) is 1.46. The fraction of sp³-hybridized carbons (Fsp3) is 0.176. The summed E-state index contributed by atoms with van der Waals surface area (Å²) in [7, 11) is -3.76. The zero-order valence-electron chi connectivity index (χ0n) is 13.6. The monoisotopic (exact) mass is 373 g/mol. The van der Waals surface area contributed by atoms with Gasteiger partial charge in [0.25, 0.3) is 0 Å². The van der Waals surface area contributed by atoms with E-state index in [0.29, 0.717) is 41.9 Å². The van der Waals surface area contributed by atoms with Crippen molar-refractivity contribution in [2.24, 2.45) is 0 Å². The third-order valence-electron chi connectivity index (χ3n) is 3.78. The molecule has 134 valence electrons. The maximum atomic E-state index is 12.6. The summed E-state index contributed by atoms with van der Waals surface area (Å²) >= 11 is 0. The number of nitrogens with one attached hydrogen (secondary N) is 1. The van der Waals surface area contributed by atoms with Crippen LogP contribution < -0.4 is 14.2 Å². The van der Waals surface area contributed by atoms with Crippen LogP contribution in [0.1, 0.15) is 5.69 Å². The molecule has 0 aliphatic carbocycles. The molecule has 1 N–H and O–H groups in total. The Morgan fingerprint density at radius 2 is 1.85 bits per heavy atom. The first-order chi connectivity index (χ1) is 12.6. The van der Waals surface area contributed by atoms with Gasteiger partial charge >= 0.3 is 0 Å².